The minimum Gasteiger partial charge on any atom is -0.341 e. The minimum atomic E-state index is -3.49. The summed E-state index contributed by atoms with van der Waals surface area (Å²) in [6.07, 6.45) is 1.69. The second-order valence-corrected chi connectivity index (χ2v) is 5.39. The van der Waals surface area contributed by atoms with Gasteiger partial charge in [0.2, 0.25) is 15.9 Å². The van der Waals surface area contributed by atoms with E-state index in [0.717, 1.165) is 0 Å². The molecule has 5 nitrogen and oxygen atoms in total. The van der Waals surface area contributed by atoms with E-state index in [9.17, 15) is 13.2 Å². The van der Waals surface area contributed by atoms with Gasteiger partial charge in [-0.1, -0.05) is 6.92 Å². The molecule has 1 aliphatic heterocycles. The van der Waals surface area contributed by atoms with Gasteiger partial charge >= 0.3 is 0 Å². The minimum absolute atomic E-state index is 0.00153. The van der Waals surface area contributed by atoms with Crippen LogP contribution in [-0.2, 0) is 14.8 Å². The van der Waals surface area contributed by atoms with Crippen molar-refractivity contribution in [3.8, 4) is 0 Å². The SMILES string of the molecule is CCC(=O)N1CCCC(S(N)(=O)=O)C1. The summed E-state index contributed by atoms with van der Waals surface area (Å²) in [5, 5.41) is 4.47. The number of hydrogen-bond acceptors (Lipinski definition) is 3. The first-order valence-electron chi connectivity index (χ1n) is 4.74. The van der Waals surface area contributed by atoms with E-state index < -0.39 is 15.3 Å². The Bertz CT molecular complexity index is 313. The molecule has 0 aromatic carbocycles. The van der Waals surface area contributed by atoms with Crippen LogP contribution < -0.4 is 5.14 Å². The van der Waals surface area contributed by atoms with Gasteiger partial charge in [-0.25, -0.2) is 13.6 Å². The van der Waals surface area contributed by atoms with Gasteiger partial charge in [0.05, 0.1) is 5.25 Å². The zero-order valence-electron chi connectivity index (χ0n) is 8.27. The molecule has 0 spiro atoms. The second kappa shape index (κ2) is 4.27. The van der Waals surface area contributed by atoms with Gasteiger partial charge in [-0.05, 0) is 12.8 Å². The number of rotatable bonds is 2. The molecular weight excluding hydrogens is 204 g/mol. The lowest BCUT2D eigenvalue weighted by Gasteiger charge is -2.31. The van der Waals surface area contributed by atoms with E-state index >= 15 is 0 Å². The summed E-state index contributed by atoms with van der Waals surface area (Å²) in [5.41, 5.74) is 0. The number of nitrogens with zero attached hydrogens (tertiary/aromatic N) is 1. The molecule has 82 valence electrons. The number of sulfonamides is 1. The standard InChI is InChI=1S/C8H16N2O3S/c1-2-8(11)10-5-3-4-7(6-10)14(9,12)13/h7H,2-6H2,1H3,(H2,9,12,13). The Morgan fingerprint density at radius 2 is 2.21 bits per heavy atom. The van der Waals surface area contributed by atoms with Crippen molar-refractivity contribution in [2.24, 2.45) is 5.14 Å². The number of piperidine rings is 1. The van der Waals surface area contributed by atoms with Crippen LogP contribution in [0.1, 0.15) is 26.2 Å². The average Bonchev–Trinajstić information content (AvgIpc) is 2.15. The van der Waals surface area contributed by atoms with Crippen LogP contribution in [0.5, 0.6) is 0 Å². The van der Waals surface area contributed by atoms with E-state index in [4.69, 9.17) is 5.14 Å². The van der Waals surface area contributed by atoms with Crippen LogP contribution in [0.25, 0.3) is 0 Å². The van der Waals surface area contributed by atoms with Crippen molar-refractivity contribution in [3.05, 3.63) is 0 Å². The van der Waals surface area contributed by atoms with E-state index in [1.54, 1.807) is 11.8 Å². The molecule has 1 rings (SSSR count). The number of hydrogen-bond donors (Lipinski definition) is 1. The topological polar surface area (TPSA) is 80.5 Å². The van der Waals surface area contributed by atoms with Crippen molar-refractivity contribution >= 4 is 15.9 Å². The Hall–Kier alpha value is -0.620. The first-order valence-corrected chi connectivity index (χ1v) is 6.35. The molecule has 0 aromatic rings. The van der Waals surface area contributed by atoms with Crippen molar-refractivity contribution in [1.82, 2.24) is 4.90 Å². The van der Waals surface area contributed by atoms with Gasteiger partial charge in [-0.15, -0.1) is 0 Å². The molecule has 0 saturated carbocycles. The maximum absolute atomic E-state index is 11.3. The maximum Gasteiger partial charge on any atom is 0.222 e. The van der Waals surface area contributed by atoms with Crippen LogP contribution in [-0.4, -0.2) is 37.6 Å². The molecular formula is C8H16N2O3S. The highest BCUT2D eigenvalue weighted by atomic mass is 32.2. The normalized spacial score (nSPS) is 23.6. The third-order valence-corrected chi connectivity index (χ3v) is 3.81. The zero-order chi connectivity index (χ0) is 10.8. The third-order valence-electron chi connectivity index (χ3n) is 2.50. The van der Waals surface area contributed by atoms with Crippen LogP contribution in [0, 0.1) is 0 Å². The Morgan fingerprint density at radius 1 is 1.57 bits per heavy atom. The Labute approximate surface area is 84.3 Å². The smallest absolute Gasteiger partial charge is 0.222 e. The van der Waals surface area contributed by atoms with Crippen LogP contribution >= 0.6 is 0 Å². The van der Waals surface area contributed by atoms with E-state index in [0.29, 0.717) is 25.8 Å². The number of carbonyl (C=O) groups is 1. The molecule has 6 heteroatoms. The summed E-state index contributed by atoms with van der Waals surface area (Å²) in [6.45, 7) is 2.67. The van der Waals surface area contributed by atoms with Crippen LogP contribution in [0.15, 0.2) is 0 Å². The van der Waals surface area contributed by atoms with Gasteiger partial charge in [0.1, 0.15) is 0 Å². The van der Waals surface area contributed by atoms with Gasteiger partial charge in [0, 0.05) is 19.5 Å². The molecule has 1 saturated heterocycles. The highest BCUT2D eigenvalue weighted by molar-refractivity contribution is 7.89. The number of primary sulfonamides is 1. The largest absolute Gasteiger partial charge is 0.341 e. The number of carbonyl (C=O) groups excluding carboxylic acids is 1. The number of amides is 1. The molecule has 0 aromatic heterocycles. The Kier molecular flexibility index (Phi) is 3.49. The van der Waals surface area contributed by atoms with E-state index in [2.05, 4.69) is 0 Å². The second-order valence-electron chi connectivity index (χ2n) is 3.55. The van der Waals surface area contributed by atoms with Crippen LogP contribution in [0.4, 0.5) is 0 Å². The molecule has 0 bridgehead atoms. The highest BCUT2D eigenvalue weighted by Crippen LogP contribution is 2.15. The van der Waals surface area contributed by atoms with Crippen molar-refractivity contribution < 1.29 is 13.2 Å². The van der Waals surface area contributed by atoms with Gasteiger partial charge < -0.3 is 4.90 Å². The molecule has 14 heavy (non-hydrogen) atoms. The predicted octanol–water partition coefficient (Wildman–Crippen LogP) is -0.324. The average molecular weight is 220 g/mol. The van der Waals surface area contributed by atoms with E-state index in [-0.39, 0.29) is 12.5 Å². The summed E-state index contributed by atoms with van der Waals surface area (Å²) in [6, 6.07) is 0. The van der Waals surface area contributed by atoms with Crippen molar-refractivity contribution in [1.29, 1.82) is 0 Å². The lowest BCUT2D eigenvalue weighted by molar-refractivity contribution is -0.131. The van der Waals surface area contributed by atoms with Gasteiger partial charge in [0.25, 0.3) is 0 Å². The van der Waals surface area contributed by atoms with Crippen LogP contribution in [0.3, 0.4) is 0 Å². The number of nitrogens with two attached hydrogens (primary N) is 1. The predicted molar refractivity (Wildman–Crippen MR) is 53.0 cm³/mol. The Balaban J connectivity index is 2.65. The molecule has 0 aliphatic carbocycles. The van der Waals surface area contributed by atoms with Crippen molar-refractivity contribution in [3.63, 3.8) is 0 Å². The fraction of sp³-hybridized carbons (Fsp3) is 0.875. The monoisotopic (exact) mass is 220 g/mol. The Morgan fingerprint density at radius 3 is 2.71 bits per heavy atom. The quantitative estimate of drug-likeness (QED) is 0.692. The summed E-state index contributed by atoms with van der Waals surface area (Å²) < 4.78 is 22.2. The summed E-state index contributed by atoms with van der Waals surface area (Å²) in [7, 11) is -3.49. The van der Waals surface area contributed by atoms with Crippen molar-refractivity contribution in [2.75, 3.05) is 13.1 Å². The van der Waals surface area contributed by atoms with E-state index in [1.165, 1.54) is 0 Å². The maximum atomic E-state index is 11.3. The van der Waals surface area contributed by atoms with E-state index in [1.807, 2.05) is 0 Å². The molecule has 0 radical (unpaired) electrons. The molecule has 2 N–H and O–H groups in total. The molecule has 1 unspecified atom stereocenters. The third kappa shape index (κ3) is 2.68. The lowest BCUT2D eigenvalue weighted by atomic mass is 10.1. The zero-order valence-corrected chi connectivity index (χ0v) is 9.09. The molecule has 1 amide bonds. The molecule has 1 aliphatic rings. The molecule has 1 heterocycles. The fourth-order valence-corrected chi connectivity index (χ4v) is 2.54. The first kappa shape index (κ1) is 11.5. The fourth-order valence-electron chi connectivity index (χ4n) is 1.66. The summed E-state index contributed by atoms with van der Waals surface area (Å²) >= 11 is 0. The highest BCUT2D eigenvalue weighted by Gasteiger charge is 2.29. The van der Waals surface area contributed by atoms with Gasteiger partial charge in [-0.2, -0.15) is 0 Å². The van der Waals surface area contributed by atoms with Gasteiger partial charge in [-0.3, -0.25) is 4.79 Å². The molecule has 1 atom stereocenters. The summed E-state index contributed by atoms with van der Waals surface area (Å²) in [5.74, 6) is -0.00153. The first-order chi connectivity index (χ1) is 6.45. The lowest BCUT2D eigenvalue weighted by Crippen LogP contribution is -2.46. The van der Waals surface area contributed by atoms with Crippen molar-refractivity contribution in [2.45, 2.75) is 31.4 Å². The molecule has 1 fully saturated rings. The number of likely N-dealkylation sites (tertiary alicyclic amines) is 1. The van der Waals surface area contributed by atoms with Gasteiger partial charge in [0.15, 0.2) is 0 Å². The van der Waals surface area contributed by atoms with Crippen LogP contribution in [0.2, 0.25) is 0 Å². The summed E-state index contributed by atoms with van der Waals surface area (Å²) in [4.78, 5) is 12.9.